The van der Waals surface area contributed by atoms with Gasteiger partial charge in [0.1, 0.15) is 12.3 Å². The van der Waals surface area contributed by atoms with Crippen molar-refractivity contribution in [1.82, 2.24) is 0 Å². The third-order valence-electron chi connectivity index (χ3n) is 5.69. The predicted octanol–water partition coefficient (Wildman–Crippen LogP) is 6.92. The highest BCUT2D eigenvalue weighted by molar-refractivity contribution is 5.37. The van der Waals surface area contributed by atoms with E-state index in [9.17, 15) is 0 Å². The van der Waals surface area contributed by atoms with Crippen LogP contribution in [0.5, 0.6) is 5.75 Å². The van der Waals surface area contributed by atoms with Gasteiger partial charge in [0.15, 0.2) is 11.9 Å². The molecular formula is C27H42NO+. The summed E-state index contributed by atoms with van der Waals surface area (Å²) in [7, 11) is 0. The molecule has 0 aliphatic carbocycles. The molecule has 0 saturated heterocycles. The topological polar surface area (TPSA) is 13.1 Å². The lowest BCUT2D eigenvalue weighted by Gasteiger charge is -2.13. The number of hydrogen-bond acceptors (Lipinski definition) is 1. The van der Waals surface area contributed by atoms with Crippen molar-refractivity contribution in [2.45, 2.75) is 98.4 Å². The largest absolute Gasteiger partial charge is 0.493 e. The Morgan fingerprint density at radius 2 is 1.55 bits per heavy atom. The quantitative estimate of drug-likeness (QED) is 0.250. The molecule has 2 aromatic rings. The fourth-order valence-electron chi connectivity index (χ4n) is 3.81. The number of hydrogen-bond donors (Lipinski definition) is 0. The summed E-state index contributed by atoms with van der Waals surface area (Å²) in [5, 5.41) is 0. The third-order valence-corrected chi connectivity index (χ3v) is 5.69. The lowest BCUT2D eigenvalue weighted by Crippen LogP contribution is -2.37. The van der Waals surface area contributed by atoms with E-state index in [-0.39, 0.29) is 0 Å². The zero-order valence-corrected chi connectivity index (χ0v) is 19.3. The molecule has 2 heteroatoms. The van der Waals surface area contributed by atoms with Gasteiger partial charge < -0.3 is 4.74 Å². The number of nitrogens with zero attached hydrogens (tertiary/aromatic N) is 1. The first-order valence-electron chi connectivity index (χ1n) is 11.8. The molecule has 0 unspecified atom stereocenters. The Morgan fingerprint density at radius 3 is 2.31 bits per heavy atom. The van der Waals surface area contributed by atoms with Crippen LogP contribution in [0.25, 0.3) is 0 Å². The third kappa shape index (κ3) is 8.60. The van der Waals surface area contributed by atoms with E-state index in [1.54, 1.807) is 0 Å². The molecule has 0 aliphatic heterocycles. The molecule has 0 fully saturated rings. The summed E-state index contributed by atoms with van der Waals surface area (Å²) < 4.78 is 8.59. The van der Waals surface area contributed by atoms with Crippen LogP contribution in [0.1, 0.15) is 87.6 Å². The van der Waals surface area contributed by atoms with E-state index in [1.807, 2.05) is 0 Å². The van der Waals surface area contributed by atoms with Crippen LogP contribution < -0.4 is 9.30 Å². The summed E-state index contributed by atoms with van der Waals surface area (Å²) in [5.41, 5.74) is 5.54. The van der Waals surface area contributed by atoms with E-state index in [0.29, 0.717) is 0 Å². The van der Waals surface area contributed by atoms with Crippen LogP contribution in [-0.4, -0.2) is 6.61 Å². The van der Waals surface area contributed by atoms with E-state index in [4.69, 9.17) is 4.74 Å². The number of aryl methyl sites for hydroxylation is 5. The molecular weight excluding hydrogens is 354 g/mol. The Morgan fingerprint density at radius 1 is 0.793 bits per heavy atom. The Bertz CT molecular complexity index is 722. The summed E-state index contributed by atoms with van der Waals surface area (Å²) in [6.07, 6.45) is 14.5. The van der Waals surface area contributed by atoms with Gasteiger partial charge in [0, 0.05) is 25.0 Å². The van der Waals surface area contributed by atoms with Crippen molar-refractivity contribution in [2.24, 2.45) is 0 Å². The minimum atomic E-state index is 0.807. The zero-order valence-electron chi connectivity index (χ0n) is 19.3. The second kappa shape index (κ2) is 13.4. The fourth-order valence-corrected chi connectivity index (χ4v) is 3.81. The molecule has 1 heterocycles. The molecule has 0 saturated carbocycles. The van der Waals surface area contributed by atoms with Gasteiger partial charge in [-0.3, -0.25) is 0 Å². The van der Waals surface area contributed by atoms with Crippen LogP contribution >= 0.6 is 0 Å². The maximum atomic E-state index is 6.23. The predicted molar refractivity (Wildman–Crippen MR) is 124 cm³/mol. The van der Waals surface area contributed by atoms with E-state index < -0.39 is 0 Å². The normalized spacial score (nSPS) is 11.0. The molecule has 2 nitrogen and oxygen atoms in total. The van der Waals surface area contributed by atoms with E-state index in [1.165, 1.54) is 67.3 Å². The van der Waals surface area contributed by atoms with Gasteiger partial charge in [0.2, 0.25) is 0 Å². The van der Waals surface area contributed by atoms with Crippen molar-refractivity contribution >= 4 is 0 Å². The molecule has 1 aromatic heterocycles. The fraction of sp³-hybridized carbons (Fsp3) is 0.593. The molecule has 1 aromatic carbocycles. The van der Waals surface area contributed by atoms with Crippen LogP contribution in [-0.2, 0) is 19.4 Å². The van der Waals surface area contributed by atoms with Crippen molar-refractivity contribution in [3.63, 3.8) is 0 Å². The Hall–Kier alpha value is -1.83. The molecule has 29 heavy (non-hydrogen) atoms. The first-order chi connectivity index (χ1) is 14.1. The van der Waals surface area contributed by atoms with Gasteiger partial charge in [0.05, 0.1) is 6.61 Å². The van der Waals surface area contributed by atoms with Crippen molar-refractivity contribution in [3.05, 3.63) is 58.9 Å². The zero-order chi connectivity index (χ0) is 20.9. The van der Waals surface area contributed by atoms with Gasteiger partial charge in [-0.2, -0.15) is 0 Å². The van der Waals surface area contributed by atoms with Crippen molar-refractivity contribution < 1.29 is 9.30 Å². The molecule has 0 spiro atoms. The van der Waals surface area contributed by atoms with Gasteiger partial charge in [-0.1, -0.05) is 51.7 Å². The summed E-state index contributed by atoms with van der Waals surface area (Å²) >= 11 is 0. The smallest absolute Gasteiger partial charge is 0.178 e. The Balaban J connectivity index is 1.86. The lowest BCUT2D eigenvalue weighted by atomic mass is 10.00. The highest BCUT2D eigenvalue weighted by Crippen LogP contribution is 2.24. The SMILES string of the molecule is CCCCCc1ccc(OCCCC[n+]2cc(C)ccc2C)c(CCCCC)c1. The molecule has 0 atom stereocenters. The highest BCUT2D eigenvalue weighted by Gasteiger charge is 2.08. The second-order valence-electron chi connectivity index (χ2n) is 8.45. The first kappa shape index (κ1) is 23.4. The van der Waals surface area contributed by atoms with Crippen LogP contribution in [0.3, 0.4) is 0 Å². The molecule has 2 rings (SSSR count). The monoisotopic (exact) mass is 396 g/mol. The average Bonchev–Trinajstić information content (AvgIpc) is 2.72. The maximum absolute atomic E-state index is 6.23. The minimum absolute atomic E-state index is 0.807. The van der Waals surface area contributed by atoms with Gasteiger partial charge in [-0.25, -0.2) is 4.57 Å². The van der Waals surface area contributed by atoms with Gasteiger partial charge in [-0.05, 0) is 62.3 Å². The van der Waals surface area contributed by atoms with Crippen LogP contribution in [0.2, 0.25) is 0 Å². The number of pyridine rings is 1. The highest BCUT2D eigenvalue weighted by atomic mass is 16.5. The molecule has 0 bridgehead atoms. The average molecular weight is 397 g/mol. The number of ether oxygens (including phenoxy) is 1. The Labute approximate surface area is 179 Å². The molecule has 160 valence electrons. The molecule has 0 radical (unpaired) electrons. The number of rotatable bonds is 14. The number of benzene rings is 1. The Kier molecular flexibility index (Phi) is 10.8. The summed E-state index contributed by atoms with van der Waals surface area (Å²) in [6, 6.07) is 11.3. The van der Waals surface area contributed by atoms with E-state index in [0.717, 1.165) is 38.2 Å². The van der Waals surface area contributed by atoms with Gasteiger partial charge in [0.25, 0.3) is 0 Å². The van der Waals surface area contributed by atoms with Gasteiger partial charge >= 0.3 is 0 Å². The van der Waals surface area contributed by atoms with Gasteiger partial charge in [-0.15, -0.1) is 0 Å². The van der Waals surface area contributed by atoms with E-state index >= 15 is 0 Å². The number of aromatic nitrogens is 1. The van der Waals surface area contributed by atoms with E-state index in [2.05, 4.69) is 68.8 Å². The summed E-state index contributed by atoms with van der Waals surface area (Å²) in [5.74, 6) is 1.11. The molecule has 0 aliphatic rings. The number of unbranched alkanes of at least 4 members (excludes halogenated alkanes) is 5. The summed E-state index contributed by atoms with van der Waals surface area (Å²) in [6.45, 7) is 10.8. The summed E-state index contributed by atoms with van der Waals surface area (Å²) in [4.78, 5) is 0. The van der Waals surface area contributed by atoms with Crippen LogP contribution in [0.15, 0.2) is 36.5 Å². The van der Waals surface area contributed by atoms with Crippen LogP contribution in [0.4, 0.5) is 0 Å². The molecule has 0 N–H and O–H groups in total. The lowest BCUT2D eigenvalue weighted by molar-refractivity contribution is -0.703. The maximum Gasteiger partial charge on any atom is 0.178 e. The van der Waals surface area contributed by atoms with Crippen molar-refractivity contribution in [1.29, 1.82) is 0 Å². The standard InChI is InChI=1S/C27H42NO/c1-5-7-9-13-25-17-18-27(26(21-25)14-10-8-6-2)29-20-12-11-19-28-22-23(3)15-16-24(28)4/h15-18,21-22H,5-14,19-20H2,1-4H3/q+1. The first-order valence-corrected chi connectivity index (χ1v) is 11.8. The minimum Gasteiger partial charge on any atom is -0.493 e. The van der Waals surface area contributed by atoms with Crippen LogP contribution in [0, 0.1) is 13.8 Å². The van der Waals surface area contributed by atoms with Crippen molar-refractivity contribution in [2.75, 3.05) is 6.61 Å². The second-order valence-corrected chi connectivity index (χ2v) is 8.45. The van der Waals surface area contributed by atoms with Crippen molar-refractivity contribution in [3.8, 4) is 5.75 Å². The molecule has 0 amide bonds.